The summed E-state index contributed by atoms with van der Waals surface area (Å²) in [6.45, 7) is 2.57. The average molecular weight is 366 g/mol. The van der Waals surface area contributed by atoms with Gasteiger partial charge in [0.1, 0.15) is 0 Å². The predicted molar refractivity (Wildman–Crippen MR) is 101 cm³/mol. The molecule has 0 spiro atoms. The topological polar surface area (TPSA) is 70.0 Å². The minimum absolute atomic E-state index is 0.125. The van der Waals surface area contributed by atoms with Crippen LogP contribution in [0.5, 0.6) is 0 Å². The molecule has 0 saturated heterocycles. The van der Waals surface area contributed by atoms with Crippen molar-refractivity contribution in [2.24, 2.45) is 7.05 Å². The standard InChI is InChI=1S/C18H18N6OS/c1-13-7-3-4-8-14(13)16-19-20-17(22(16)2)26-12-11-24-18(25)23-10-6-5-9-15(23)21-24/h3-10H,11-12H2,1-2H3. The first-order valence-electron chi connectivity index (χ1n) is 8.27. The van der Waals surface area contributed by atoms with E-state index in [1.54, 1.807) is 22.4 Å². The molecule has 8 heteroatoms. The van der Waals surface area contributed by atoms with Gasteiger partial charge in [0.15, 0.2) is 16.6 Å². The smallest absolute Gasteiger partial charge is 0.305 e. The van der Waals surface area contributed by atoms with E-state index in [0.29, 0.717) is 17.9 Å². The van der Waals surface area contributed by atoms with Gasteiger partial charge in [0.2, 0.25) is 0 Å². The van der Waals surface area contributed by atoms with Crippen LogP contribution in [0.25, 0.3) is 17.0 Å². The van der Waals surface area contributed by atoms with E-state index in [-0.39, 0.29) is 5.69 Å². The number of benzene rings is 1. The molecule has 0 aliphatic carbocycles. The molecule has 26 heavy (non-hydrogen) atoms. The summed E-state index contributed by atoms with van der Waals surface area (Å²) in [5, 5.41) is 13.8. The normalized spacial score (nSPS) is 11.3. The third kappa shape index (κ3) is 2.92. The number of rotatable bonds is 5. The molecule has 0 bridgehead atoms. The molecule has 0 saturated carbocycles. The van der Waals surface area contributed by atoms with Crippen LogP contribution in [-0.2, 0) is 13.6 Å². The lowest BCUT2D eigenvalue weighted by Gasteiger charge is -2.06. The van der Waals surface area contributed by atoms with E-state index in [4.69, 9.17) is 0 Å². The highest BCUT2D eigenvalue weighted by atomic mass is 32.2. The highest BCUT2D eigenvalue weighted by Crippen LogP contribution is 2.24. The first-order chi connectivity index (χ1) is 12.6. The number of hydrogen-bond donors (Lipinski definition) is 0. The molecule has 0 amide bonds. The van der Waals surface area contributed by atoms with E-state index in [1.165, 1.54) is 4.68 Å². The highest BCUT2D eigenvalue weighted by molar-refractivity contribution is 7.99. The maximum atomic E-state index is 12.3. The van der Waals surface area contributed by atoms with E-state index >= 15 is 0 Å². The summed E-state index contributed by atoms with van der Waals surface area (Å²) in [6, 6.07) is 13.6. The molecule has 0 N–H and O–H groups in total. The zero-order valence-electron chi connectivity index (χ0n) is 14.5. The zero-order chi connectivity index (χ0) is 18.1. The molecule has 3 heterocycles. The quantitative estimate of drug-likeness (QED) is 0.507. The fourth-order valence-corrected chi connectivity index (χ4v) is 3.66. The fraction of sp³-hybridized carbons (Fsp3) is 0.222. The molecule has 0 aliphatic heterocycles. The molecule has 0 aliphatic rings. The molecule has 0 radical (unpaired) electrons. The van der Waals surface area contributed by atoms with E-state index in [1.807, 2.05) is 48.0 Å². The van der Waals surface area contributed by atoms with Gasteiger partial charge in [-0.25, -0.2) is 9.48 Å². The monoisotopic (exact) mass is 366 g/mol. The van der Waals surface area contributed by atoms with Crippen molar-refractivity contribution < 1.29 is 0 Å². The van der Waals surface area contributed by atoms with E-state index < -0.39 is 0 Å². The lowest BCUT2D eigenvalue weighted by Crippen LogP contribution is -2.22. The van der Waals surface area contributed by atoms with Crippen LogP contribution in [0.2, 0.25) is 0 Å². The van der Waals surface area contributed by atoms with Gasteiger partial charge >= 0.3 is 5.69 Å². The first kappa shape index (κ1) is 16.6. The summed E-state index contributed by atoms with van der Waals surface area (Å²) in [7, 11) is 1.96. The number of aryl methyl sites for hydroxylation is 2. The van der Waals surface area contributed by atoms with Gasteiger partial charge in [-0.05, 0) is 24.6 Å². The second-order valence-electron chi connectivity index (χ2n) is 5.96. The second-order valence-corrected chi connectivity index (χ2v) is 7.03. The Morgan fingerprint density at radius 2 is 1.88 bits per heavy atom. The van der Waals surface area contributed by atoms with Crippen LogP contribution >= 0.6 is 11.8 Å². The van der Waals surface area contributed by atoms with Crippen molar-refractivity contribution >= 4 is 17.4 Å². The van der Waals surface area contributed by atoms with Gasteiger partial charge in [-0.3, -0.25) is 4.40 Å². The number of pyridine rings is 1. The van der Waals surface area contributed by atoms with Gasteiger partial charge in [0.25, 0.3) is 0 Å². The third-order valence-corrected chi connectivity index (χ3v) is 5.24. The minimum Gasteiger partial charge on any atom is -0.305 e. The number of hydrogen-bond acceptors (Lipinski definition) is 5. The number of fused-ring (bicyclic) bond motifs is 1. The van der Waals surface area contributed by atoms with Crippen molar-refractivity contribution in [3.63, 3.8) is 0 Å². The molecule has 3 aromatic heterocycles. The molecule has 1 aromatic carbocycles. The van der Waals surface area contributed by atoms with Crippen molar-refractivity contribution in [3.8, 4) is 11.4 Å². The Balaban J connectivity index is 1.49. The Hall–Kier alpha value is -2.87. The van der Waals surface area contributed by atoms with Crippen molar-refractivity contribution in [1.29, 1.82) is 0 Å². The third-order valence-electron chi connectivity index (χ3n) is 4.24. The van der Waals surface area contributed by atoms with Gasteiger partial charge in [0.05, 0.1) is 6.54 Å². The molecular formula is C18H18N6OS. The molecule has 132 valence electrons. The van der Waals surface area contributed by atoms with Gasteiger partial charge in [-0.1, -0.05) is 42.1 Å². The summed E-state index contributed by atoms with van der Waals surface area (Å²) < 4.78 is 5.02. The molecule has 4 aromatic rings. The van der Waals surface area contributed by atoms with Crippen molar-refractivity contribution in [1.82, 2.24) is 28.9 Å². The summed E-state index contributed by atoms with van der Waals surface area (Å²) in [5.74, 6) is 1.53. The lowest BCUT2D eigenvalue weighted by molar-refractivity contribution is 0.638. The number of nitrogens with zero attached hydrogens (tertiary/aromatic N) is 6. The largest absolute Gasteiger partial charge is 0.350 e. The van der Waals surface area contributed by atoms with Crippen LogP contribution in [0, 0.1) is 6.92 Å². The van der Waals surface area contributed by atoms with Crippen LogP contribution in [-0.4, -0.2) is 34.7 Å². The average Bonchev–Trinajstić information content (AvgIpc) is 3.17. The molecular weight excluding hydrogens is 348 g/mol. The van der Waals surface area contributed by atoms with Crippen molar-refractivity contribution in [2.45, 2.75) is 18.6 Å². The Morgan fingerprint density at radius 1 is 1.08 bits per heavy atom. The summed E-state index contributed by atoms with van der Waals surface area (Å²) in [5.41, 5.74) is 2.77. The van der Waals surface area contributed by atoms with E-state index in [0.717, 1.165) is 22.1 Å². The summed E-state index contributed by atoms with van der Waals surface area (Å²) in [6.07, 6.45) is 1.73. The molecule has 4 rings (SSSR count). The Kier molecular flexibility index (Phi) is 4.34. The molecule has 7 nitrogen and oxygen atoms in total. The van der Waals surface area contributed by atoms with E-state index in [9.17, 15) is 4.79 Å². The molecule has 0 atom stereocenters. The summed E-state index contributed by atoms with van der Waals surface area (Å²) in [4.78, 5) is 12.3. The number of aromatic nitrogens is 6. The van der Waals surface area contributed by atoms with Crippen LogP contribution in [0.15, 0.2) is 58.6 Å². The maximum absolute atomic E-state index is 12.3. The Morgan fingerprint density at radius 3 is 2.69 bits per heavy atom. The SMILES string of the molecule is Cc1ccccc1-c1nnc(SCCn2nc3ccccn3c2=O)n1C. The predicted octanol–water partition coefficient (Wildman–Crippen LogP) is 2.39. The van der Waals surface area contributed by atoms with Crippen molar-refractivity contribution in [3.05, 3.63) is 64.7 Å². The zero-order valence-corrected chi connectivity index (χ0v) is 15.3. The highest BCUT2D eigenvalue weighted by Gasteiger charge is 2.13. The van der Waals surface area contributed by atoms with Crippen molar-refractivity contribution in [2.75, 3.05) is 5.75 Å². The van der Waals surface area contributed by atoms with Crippen LogP contribution in [0.3, 0.4) is 0 Å². The van der Waals surface area contributed by atoms with E-state index in [2.05, 4.69) is 28.3 Å². The first-order valence-corrected chi connectivity index (χ1v) is 9.26. The Labute approximate surface area is 154 Å². The van der Waals surface area contributed by atoms with Gasteiger partial charge in [-0.2, -0.15) is 0 Å². The van der Waals surface area contributed by atoms with Crippen LogP contribution in [0.1, 0.15) is 5.56 Å². The van der Waals surface area contributed by atoms with Gasteiger partial charge in [0, 0.05) is 24.6 Å². The number of thioether (sulfide) groups is 1. The van der Waals surface area contributed by atoms with Gasteiger partial charge < -0.3 is 4.57 Å². The maximum Gasteiger partial charge on any atom is 0.350 e. The Bertz CT molecular complexity index is 1130. The fourth-order valence-electron chi connectivity index (χ4n) is 2.84. The van der Waals surface area contributed by atoms with Crippen LogP contribution in [0.4, 0.5) is 0 Å². The summed E-state index contributed by atoms with van der Waals surface area (Å²) >= 11 is 1.56. The molecule has 0 fully saturated rings. The van der Waals surface area contributed by atoms with Gasteiger partial charge in [-0.15, -0.1) is 15.3 Å². The van der Waals surface area contributed by atoms with Crippen LogP contribution < -0.4 is 5.69 Å². The minimum atomic E-state index is -0.125. The molecule has 0 unspecified atom stereocenters. The lowest BCUT2D eigenvalue weighted by atomic mass is 10.1. The second kappa shape index (κ2) is 6.80.